The van der Waals surface area contributed by atoms with Crippen LogP contribution in [0.2, 0.25) is 0 Å². The van der Waals surface area contributed by atoms with Crippen molar-refractivity contribution in [2.75, 3.05) is 25.7 Å². The van der Waals surface area contributed by atoms with E-state index >= 15 is 0 Å². The maximum Gasteiger partial charge on any atom is 0.111 e. The molecule has 0 amide bonds. The van der Waals surface area contributed by atoms with E-state index in [1.165, 1.54) is 0 Å². The van der Waals surface area contributed by atoms with Gasteiger partial charge in [0.25, 0.3) is 0 Å². The maximum absolute atomic E-state index is 5.49. The smallest absolute Gasteiger partial charge is 0.111 e. The van der Waals surface area contributed by atoms with Crippen LogP contribution in [0.4, 0.5) is 0 Å². The molecule has 0 aliphatic heterocycles. The summed E-state index contributed by atoms with van der Waals surface area (Å²) in [6.45, 7) is 5.41. The normalized spacial score (nSPS) is 13.1. The van der Waals surface area contributed by atoms with Crippen molar-refractivity contribution in [2.24, 2.45) is 0 Å². The molecular formula is C9H19ClO4. The lowest BCUT2D eigenvalue weighted by atomic mass is 10.4. The first kappa shape index (κ1) is 14.1. The zero-order valence-electron chi connectivity index (χ0n) is 8.83. The Labute approximate surface area is 90.3 Å². The van der Waals surface area contributed by atoms with Gasteiger partial charge in [0.2, 0.25) is 0 Å². The Morgan fingerprint density at radius 1 is 1.21 bits per heavy atom. The summed E-state index contributed by atoms with van der Waals surface area (Å²) in [6, 6.07) is 0. The molecule has 0 aromatic carbocycles. The van der Waals surface area contributed by atoms with E-state index in [4.69, 9.17) is 21.2 Å². The van der Waals surface area contributed by atoms with Gasteiger partial charge in [-0.1, -0.05) is 12.0 Å². The van der Waals surface area contributed by atoms with Gasteiger partial charge in [-0.3, -0.25) is 0 Å². The topological polar surface area (TPSA) is 36.9 Å². The lowest BCUT2D eigenvalue weighted by Crippen LogP contribution is -2.17. The molecule has 1 unspecified atom stereocenters. The van der Waals surface area contributed by atoms with E-state index < -0.39 is 0 Å². The van der Waals surface area contributed by atoms with Crippen LogP contribution in [0.3, 0.4) is 0 Å². The molecule has 0 aromatic rings. The van der Waals surface area contributed by atoms with Gasteiger partial charge in [-0.25, -0.2) is 9.78 Å². The lowest BCUT2D eigenvalue weighted by Gasteiger charge is -2.11. The van der Waals surface area contributed by atoms with E-state index in [0.29, 0.717) is 25.7 Å². The molecule has 0 aliphatic carbocycles. The zero-order valence-corrected chi connectivity index (χ0v) is 9.59. The van der Waals surface area contributed by atoms with Gasteiger partial charge in [-0.2, -0.15) is 0 Å². The molecule has 0 rings (SSSR count). The first-order valence-corrected chi connectivity index (χ1v) is 5.43. The monoisotopic (exact) mass is 226 g/mol. The van der Waals surface area contributed by atoms with Gasteiger partial charge >= 0.3 is 0 Å². The number of ether oxygens (including phenoxy) is 1. The second kappa shape index (κ2) is 11.2. The second-order valence-corrected chi connectivity index (χ2v) is 3.28. The molecule has 0 aromatic heterocycles. The third-order valence-electron chi connectivity index (χ3n) is 1.37. The number of rotatable bonds is 10. The Hall–Kier alpha value is 0.130. The molecule has 0 N–H and O–H groups in total. The van der Waals surface area contributed by atoms with Gasteiger partial charge in [0, 0.05) is 12.5 Å². The number of hydrogen-bond donors (Lipinski definition) is 0. The molecule has 0 bridgehead atoms. The standard InChI is InChI=1S/C9H19ClO4/c1-3-6-12-14-13-8-9(2)11-7-4-5-10/h9H,3-8H2,1-2H3. The van der Waals surface area contributed by atoms with E-state index in [1.54, 1.807) is 0 Å². The van der Waals surface area contributed by atoms with Crippen molar-refractivity contribution in [3.63, 3.8) is 0 Å². The molecule has 0 radical (unpaired) electrons. The molecule has 0 saturated heterocycles. The average Bonchev–Trinajstić information content (AvgIpc) is 2.18. The van der Waals surface area contributed by atoms with Crippen molar-refractivity contribution in [3.05, 3.63) is 0 Å². The van der Waals surface area contributed by atoms with E-state index in [1.807, 2.05) is 13.8 Å². The zero-order chi connectivity index (χ0) is 10.6. The minimum absolute atomic E-state index is 0.0107. The summed E-state index contributed by atoms with van der Waals surface area (Å²) < 4.78 is 5.34. The summed E-state index contributed by atoms with van der Waals surface area (Å²) in [6.07, 6.45) is 1.73. The molecule has 4 nitrogen and oxygen atoms in total. The molecule has 0 spiro atoms. The van der Waals surface area contributed by atoms with Crippen molar-refractivity contribution in [2.45, 2.75) is 32.8 Å². The molecule has 0 aliphatic rings. The van der Waals surface area contributed by atoms with Crippen LogP contribution >= 0.6 is 11.6 Å². The Morgan fingerprint density at radius 2 is 2.00 bits per heavy atom. The van der Waals surface area contributed by atoms with Crippen LogP contribution in [-0.2, 0) is 19.6 Å². The van der Waals surface area contributed by atoms with E-state index in [2.05, 4.69) is 9.93 Å². The van der Waals surface area contributed by atoms with Crippen LogP contribution in [0.5, 0.6) is 0 Å². The molecule has 86 valence electrons. The van der Waals surface area contributed by atoms with Crippen LogP contribution < -0.4 is 0 Å². The van der Waals surface area contributed by atoms with Crippen LogP contribution in [0, 0.1) is 0 Å². The van der Waals surface area contributed by atoms with Gasteiger partial charge < -0.3 is 4.74 Å². The third-order valence-corrected chi connectivity index (χ3v) is 1.63. The van der Waals surface area contributed by atoms with Crippen LogP contribution in [0.25, 0.3) is 0 Å². The molecule has 1 atom stereocenters. The van der Waals surface area contributed by atoms with Crippen molar-refractivity contribution in [1.82, 2.24) is 0 Å². The highest BCUT2D eigenvalue weighted by Gasteiger charge is 2.02. The fraction of sp³-hybridized carbons (Fsp3) is 1.00. The minimum Gasteiger partial charge on any atom is -0.376 e. The Balaban J connectivity index is 3.06. The Kier molecular flexibility index (Phi) is 11.3. The molecule has 14 heavy (non-hydrogen) atoms. The van der Waals surface area contributed by atoms with Crippen molar-refractivity contribution >= 4 is 11.6 Å². The molecule has 0 saturated carbocycles. The first-order valence-electron chi connectivity index (χ1n) is 4.90. The minimum atomic E-state index is -0.0107. The summed E-state index contributed by atoms with van der Waals surface area (Å²) in [5.74, 6) is 0.615. The number of alkyl halides is 1. The van der Waals surface area contributed by atoms with E-state index in [9.17, 15) is 0 Å². The highest BCUT2D eigenvalue weighted by molar-refractivity contribution is 6.17. The van der Waals surface area contributed by atoms with E-state index in [-0.39, 0.29) is 6.10 Å². The quantitative estimate of drug-likeness (QED) is 0.248. The van der Waals surface area contributed by atoms with Crippen LogP contribution in [0.15, 0.2) is 0 Å². The van der Waals surface area contributed by atoms with E-state index in [0.717, 1.165) is 12.8 Å². The highest BCUT2D eigenvalue weighted by Crippen LogP contribution is 1.96. The first-order chi connectivity index (χ1) is 6.81. The molecule has 5 heteroatoms. The average molecular weight is 227 g/mol. The van der Waals surface area contributed by atoms with Crippen molar-refractivity contribution < 1.29 is 19.6 Å². The fourth-order valence-corrected chi connectivity index (χ4v) is 0.771. The van der Waals surface area contributed by atoms with Crippen molar-refractivity contribution in [1.29, 1.82) is 0 Å². The van der Waals surface area contributed by atoms with Gasteiger partial charge in [-0.05, 0) is 19.8 Å². The van der Waals surface area contributed by atoms with Gasteiger partial charge in [0.1, 0.15) is 6.61 Å². The summed E-state index contributed by atoms with van der Waals surface area (Å²) in [5.41, 5.74) is 0. The number of halogens is 1. The Bertz CT molecular complexity index is 113. The van der Waals surface area contributed by atoms with Crippen LogP contribution in [0.1, 0.15) is 26.7 Å². The molecule has 0 heterocycles. The molecule has 0 fully saturated rings. The molecular weight excluding hydrogens is 208 g/mol. The van der Waals surface area contributed by atoms with Gasteiger partial charge in [0.05, 0.1) is 12.7 Å². The summed E-state index contributed by atoms with van der Waals surface area (Å²) in [5, 5.41) is 4.44. The summed E-state index contributed by atoms with van der Waals surface area (Å²) in [4.78, 5) is 9.41. The predicted molar refractivity (Wildman–Crippen MR) is 54.0 cm³/mol. The predicted octanol–water partition coefficient (Wildman–Crippen LogP) is 2.31. The lowest BCUT2D eigenvalue weighted by molar-refractivity contribution is -0.515. The van der Waals surface area contributed by atoms with Crippen molar-refractivity contribution in [3.8, 4) is 0 Å². The second-order valence-electron chi connectivity index (χ2n) is 2.90. The maximum atomic E-state index is 5.49. The Morgan fingerprint density at radius 3 is 2.64 bits per heavy atom. The van der Waals surface area contributed by atoms with Gasteiger partial charge in [0.15, 0.2) is 0 Å². The SMILES string of the molecule is CCCOOOCC(C)OCCCCl. The third kappa shape index (κ3) is 10.2. The summed E-state index contributed by atoms with van der Waals surface area (Å²) >= 11 is 5.49. The summed E-state index contributed by atoms with van der Waals surface area (Å²) in [7, 11) is 0. The van der Waals surface area contributed by atoms with Crippen LogP contribution in [-0.4, -0.2) is 31.8 Å². The highest BCUT2D eigenvalue weighted by atomic mass is 35.5. The van der Waals surface area contributed by atoms with Gasteiger partial charge in [-0.15, -0.1) is 11.6 Å². The fourth-order valence-electron chi connectivity index (χ4n) is 0.662. The largest absolute Gasteiger partial charge is 0.376 e. The number of hydrogen-bond acceptors (Lipinski definition) is 4.